The van der Waals surface area contributed by atoms with Gasteiger partial charge in [-0.15, -0.1) is 0 Å². The fraction of sp³-hybridized carbons (Fsp3) is 0.0667. The third-order valence-corrected chi connectivity index (χ3v) is 4.19. The number of carbonyl (C=O) groups is 1. The molecule has 118 valence electrons. The molecule has 5 nitrogen and oxygen atoms in total. The molecule has 0 aliphatic carbocycles. The summed E-state index contributed by atoms with van der Waals surface area (Å²) in [7, 11) is 0. The summed E-state index contributed by atoms with van der Waals surface area (Å²) in [5, 5.41) is 14.3. The van der Waals surface area contributed by atoms with Crippen molar-refractivity contribution in [1.29, 1.82) is 0 Å². The maximum atomic E-state index is 10.6. The lowest BCUT2D eigenvalue weighted by molar-refractivity contribution is -0.139. The van der Waals surface area contributed by atoms with Crippen LogP contribution in [-0.4, -0.2) is 22.8 Å². The highest BCUT2D eigenvalue weighted by atomic mass is 35.5. The Labute approximate surface area is 145 Å². The summed E-state index contributed by atoms with van der Waals surface area (Å²) in [5.74, 6) is -0.895. The SMILES string of the molecule is O=C(O)COc1ccc2c(-c3ccc(Cl)c(Cl)c3)noc2c1Cl. The summed E-state index contributed by atoms with van der Waals surface area (Å²) in [6.45, 7) is -0.501. The molecular weight excluding hydrogens is 365 g/mol. The highest BCUT2D eigenvalue weighted by molar-refractivity contribution is 6.42. The second-order valence-corrected chi connectivity index (χ2v) is 5.79. The number of fused-ring (bicyclic) bond motifs is 1. The first kappa shape index (κ1) is 15.9. The van der Waals surface area contributed by atoms with Gasteiger partial charge in [0.2, 0.25) is 0 Å². The first-order chi connectivity index (χ1) is 11.0. The van der Waals surface area contributed by atoms with E-state index in [9.17, 15) is 4.79 Å². The first-order valence-corrected chi connectivity index (χ1v) is 7.48. The number of carboxylic acids is 1. The van der Waals surface area contributed by atoms with Crippen LogP contribution in [0.2, 0.25) is 15.1 Å². The molecule has 0 unspecified atom stereocenters. The molecule has 0 aliphatic rings. The van der Waals surface area contributed by atoms with Crippen LogP contribution in [0.25, 0.3) is 22.2 Å². The van der Waals surface area contributed by atoms with Gasteiger partial charge in [-0.3, -0.25) is 0 Å². The average molecular weight is 373 g/mol. The lowest BCUT2D eigenvalue weighted by Crippen LogP contribution is -2.09. The van der Waals surface area contributed by atoms with Crippen molar-refractivity contribution in [2.45, 2.75) is 0 Å². The summed E-state index contributed by atoms with van der Waals surface area (Å²) in [4.78, 5) is 10.6. The number of benzene rings is 2. The summed E-state index contributed by atoms with van der Waals surface area (Å²) in [6, 6.07) is 8.34. The average Bonchev–Trinajstić information content (AvgIpc) is 2.94. The van der Waals surface area contributed by atoms with Crippen LogP contribution in [0.1, 0.15) is 0 Å². The van der Waals surface area contributed by atoms with E-state index in [-0.39, 0.29) is 10.8 Å². The Bertz CT molecular complexity index is 907. The van der Waals surface area contributed by atoms with Gasteiger partial charge in [-0.05, 0) is 24.3 Å². The van der Waals surface area contributed by atoms with Crippen LogP contribution < -0.4 is 4.74 Å². The molecule has 0 radical (unpaired) electrons. The van der Waals surface area contributed by atoms with Crippen LogP contribution in [0.5, 0.6) is 5.75 Å². The van der Waals surface area contributed by atoms with E-state index in [1.165, 1.54) is 0 Å². The summed E-state index contributed by atoms with van der Waals surface area (Å²) in [6.07, 6.45) is 0. The van der Waals surface area contributed by atoms with Crippen molar-refractivity contribution in [3.05, 3.63) is 45.4 Å². The minimum Gasteiger partial charge on any atom is -0.480 e. The molecule has 0 fully saturated rings. The van der Waals surface area contributed by atoms with Gasteiger partial charge in [0, 0.05) is 5.56 Å². The minimum atomic E-state index is -1.10. The second-order valence-electron chi connectivity index (χ2n) is 4.60. The molecule has 3 aromatic rings. The number of carboxylic acid groups (broad SMARTS) is 1. The molecule has 0 atom stereocenters. The first-order valence-electron chi connectivity index (χ1n) is 6.35. The van der Waals surface area contributed by atoms with Crippen molar-refractivity contribution >= 4 is 51.7 Å². The number of rotatable bonds is 4. The molecular formula is C15H8Cl3NO4. The maximum absolute atomic E-state index is 10.6. The molecule has 0 spiro atoms. The standard InChI is InChI=1S/C15H8Cl3NO4/c16-9-3-1-7(5-10(9)17)14-8-2-4-11(22-6-12(20)21)13(18)15(8)23-19-14/h1-5H,6H2,(H,20,21). The third-order valence-electron chi connectivity index (χ3n) is 3.09. The van der Waals surface area contributed by atoms with E-state index >= 15 is 0 Å². The van der Waals surface area contributed by atoms with Crippen molar-refractivity contribution in [1.82, 2.24) is 5.16 Å². The zero-order chi connectivity index (χ0) is 16.6. The van der Waals surface area contributed by atoms with E-state index in [4.69, 9.17) is 49.2 Å². The van der Waals surface area contributed by atoms with E-state index in [2.05, 4.69) is 5.16 Å². The van der Waals surface area contributed by atoms with Crippen molar-refractivity contribution in [2.75, 3.05) is 6.61 Å². The van der Waals surface area contributed by atoms with E-state index in [0.717, 1.165) is 0 Å². The van der Waals surface area contributed by atoms with Crippen LogP contribution >= 0.6 is 34.8 Å². The van der Waals surface area contributed by atoms with Crippen LogP contribution in [0.4, 0.5) is 0 Å². The fourth-order valence-electron chi connectivity index (χ4n) is 2.06. The van der Waals surface area contributed by atoms with E-state index in [0.29, 0.717) is 32.3 Å². The minimum absolute atomic E-state index is 0.155. The van der Waals surface area contributed by atoms with Gasteiger partial charge in [-0.25, -0.2) is 4.79 Å². The zero-order valence-electron chi connectivity index (χ0n) is 11.3. The monoisotopic (exact) mass is 371 g/mol. The van der Waals surface area contributed by atoms with E-state index in [1.54, 1.807) is 30.3 Å². The van der Waals surface area contributed by atoms with Crippen LogP contribution in [-0.2, 0) is 4.79 Å². The number of hydrogen-bond donors (Lipinski definition) is 1. The number of halogens is 3. The molecule has 1 heterocycles. The second kappa shape index (κ2) is 6.28. The quantitative estimate of drug-likeness (QED) is 0.704. The summed E-state index contributed by atoms with van der Waals surface area (Å²) < 4.78 is 10.4. The number of aromatic nitrogens is 1. The molecule has 1 aromatic heterocycles. The largest absolute Gasteiger partial charge is 0.480 e. The topological polar surface area (TPSA) is 72.6 Å². The Morgan fingerprint density at radius 3 is 2.65 bits per heavy atom. The van der Waals surface area contributed by atoms with Crippen LogP contribution in [0.15, 0.2) is 34.9 Å². The van der Waals surface area contributed by atoms with Gasteiger partial charge in [-0.1, -0.05) is 46.0 Å². The molecule has 0 aliphatic heterocycles. The molecule has 3 rings (SSSR count). The molecule has 0 saturated carbocycles. The Kier molecular flexibility index (Phi) is 4.35. The lowest BCUT2D eigenvalue weighted by atomic mass is 10.1. The normalized spacial score (nSPS) is 10.9. The molecule has 0 saturated heterocycles. The Balaban J connectivity index is 2.06. The highest BCUT2D eigenvalue weighted by Crippen LogP contribution is 2.38. The zero-order valence-corrected chi connectivity index (χ0v) is 13.6. The Morgan fingerprint density at radius 2 is 1.96 bits per heavy atom. The van der Waals surface area contributed by atoms with Crippen molar-refractivity contribution < 1.29 is 19.2 Å². The predicted molar refractivity (Wildman–Crippen MR) is 87.6 cm³/mol. The van der Waals surface area contributed by atoms with Gasteiger partial charge >= 0.3 is 5.97 Å². The van der Waals surface area contributed by atoms with Crippen molar-refractivity contribution in [3.63, 3.8) is 0 Å². The molecule has 0 amide bonds. The van der Waals surface area contributed by atoms with Crippen molar-refractivity contribution in [2.24, 2.45) is 0 Å². The van der Waals surface area contributed by atoms with E-state index in [1.807, 2.05) is 0 Å². The molecule has 8 heteroatoms. The van der Waals surface area contributed by atoms with Crippen LogP contribution in [0, 0.1) is 0 Å². The van der Waals surface area contributed by atoms with Gasteiger partial charge in [0.1, 0.15) is 16.5 Å². The Morgan fingerprint density at radius 1 is 1.17 bits per heavy atom. The van der Waals surface area contributed by atoms with Gasteiger partial charge in [0.25, 0.3) is 0 Å². The predicted octanol–water partition coefficient (Wildman–Crippen LogP) is 4.92. The Hall–Kier alpha value is -1.95. The number of nitrogens with zero attached hydrogens (tertiary/aromatic N) is 1. The van der Waals surface area contributed by atoms with Gasteiger partial charge in [0.05, 0.1) is 15.4 Å². The summed E-state index contributed by atoms with van der Waals surface area (Å²) >= 11 is 18.1. The fourth-order valence-corrected chi connectivity index (χ4v) is 2.61. The molecule has 1 N–H and O–H groups in total. The van der Waals surface area contributed by atoms with E-state index < -0.39 is 12.6 Å². The third kappa shape index (κ3) is 3.08. The van der Waals surface area contributed by atoms with Gasteiger partial charge in [0.15, 0.2) is 12.2 Å². The number of aliphatic carboxylic acids is 1. The molecule has 2 aromatic carbocycles. The summed E-state index contributed by atoms with van der Waals surface area (Å²) in [5.41, 5.74) is 1.56. The van der Waals surface area contributed by atoms with Gasteiger partial charge in [-0.2, -0.15) is 0 Å². The molecule has 0 bridgehead atoms. The van der Waals surface area contributed by atoms with Crippen molar-refractivity contribution in [3.8, 4) is 17.0 Å². The number of hydrogen-bond acceptors (Lipinski definition) is 4. The van der Waals surface area contributed by atoms with Crippen LogP contribution in [0.3, 0.4) is 0 Å². The molecule has 23 heavy (non-hydrogen) atoms. The highest BCUT2D eigenvalue weighted by Gasteiger charge is 2.17. The maximum Gasteiger partial charge on any atom is 0.341 e. The smallest absolute Gasteiger partial charge is 0.341 e. The van der Waals surface area contributed by atoms with Gasteiger partial charge < -0.3 is 14.4 Å². The lowest BCUT2D eigenvalue weighted by Gasteiger charge is -2.05. The number of ether oxygens (including phenoxy) is 1.